The van der Waals surface area contributed by atoms with E-state index >= 15 is 0 Å². The average molecular weight is 1030 g/mol. The summed E-state index contributed by atoms with van der Waals surface area (Å²) in [4.78, 5) is 28.3. The summed E-state index contributed by atoms with van der Waals surface area (Å²) in [6.45, 7) is 28.5. The lowest BCUT2D eigenvalue weighted by Crippen LogP contribution is -2.13. The van der Waals surface area contributed by atoms with Crippen LogP contribution in [0.15, 0.2) is 84.6 Å². The second-order valence-corrected chi connectivity index (χ2v) is 22.1. The Balaban J connectivity index is 0.000000164. The molecular formula is C63H90N6O6. The van der Waals surface area contributed by atoms with Gasteiger partial charge in [0.2, 0.25) is 0 Å². The standard InChI is InChI=1S/C23H34N2O2.2C20H28N2O2/c1-6-8-18-13-26-22(24-18)11-20-15(3)10-16(4)21(17(20)5)12-23-25-19(9-7-2)14-27-23;1-13(2)17-11-23-19(21-17)9-15-5-7-16(8-6-15)10-20-22-18(12-24-20)14(3)4;1-3-7-17-13-23-19(21-17)11-15-9-5-6-10-16(15)12-20-22-18(8-4-2)14-24-20/h10,18-19H,6-9,11-14H2,1-5H3;5-8,13-14,17-18H,9-12H2,1-4H3;5-6,9-10,17-18H,3-4,7-8,11-14H2,1-2H3. The Labute approximate surface area is 450 Å². The van der Waals surface area contributed by atoms with Gasteiger partial charge in [0.15, 0.2) is 35.4 Å². The number of rotatable bonds is 22. The van der Waals surface area contributed by atoms with Gasteiger partial charge < -0.3 is 28.4 Å². The third-order valence-corrected chi connectivity index (χ3v) is 15.0. The molecular weight excluding hydrogens is 937 g/mol. The molecule has 6 atom stereocenters. The van der Waals surface area contributed by atoms with Crippen molar-refractivity contribution in [3.63, 3.8) is 0 Å². The van der Waals surface area contributed by atoms with Gasteiger partial charge in [-0.15, -0.1) is 0 Å². The summed E-state index contributed by atoms with van der Waals surface area (Å²) in [6, 6.07) is 21.4. The molecule has 0 saturated heterocycles. The van der Waals surface area contributed by atoms with Crippen LogP contribution >= 0.6 is 0 Å². The molecule has 0 spiro atoms. The van der Waals surface area contributed by atoms with Gasteiger partial charge in [0.05, 0.1) is 36.3 Å². The number of ether oxygens (including phenoxy) is 6. The zero-order valence-electron chi connectivity index (χ0n) is 47.6. The molecule has 0 aliphatic carbocycles. The van der Waals surface area contributed by atoms with E-state index in [0.717, 1.165) is 165 Å². The summed E-state index contributed by atoms with van der Waals surface area (Å²) in [6.07, 6.45) is 13.7. The van der Waals surface area contributed by atoms with E-state index in [1.807, 2.05) is 0 Å². The van der Waals surface area contributed by atoms with Crippen molar-refractivity contribution in [3.05, 3.63) is 105 Å². The second kappa shape index (κ2) is 28.6. The molecule has 12 nitrogen and oxygen atoms in total. The largest absolute Gasteiger partial charge is 0.478 e. The van der Waals surface area contributed by atoms with Crippen LogP contribution in [0.1, 0.15) is 157 Å². The maximum Gasteiger partial charge on any atom is 0.188 e. The summed E-state index contributed by atoms with van der Waals surface area (Å²) in [5, 5.41) is 0. The first-order chi connectivity index (χ1) is 36.3. The molecule has 6 aliphatic heterocycles. The second-order valence-electron chi connectivity index (χ2n) is 22.1. The van der Waals surface area contributed by atoms with E-state index in [9.17, 15) is 0 Å². The zero-order chi connectivity index (χ0) is 53.3. The Kier molecular flexibility index (Phi) is 21.8. The molecule has 75 heavy (non-hydrogen) atoms. The van der Waals surface area contributed by atoms with Crippen LogP contribution in [0.5, 0.6) is 0 Å². The number of hydrogen-bond donors (Lipinski definition) is 0. The number of nitrogens with zero attached hydrogens (tertiary/aromatic N) is 6. The Bertz CT molecular complexity index is 2340. The van der Waals surface area contributed by atoms with Crippen molar-refractivity contribution >= 4 is 35.4 Å². The first kappa shape index (κ1) is 57.2. The van der Waals surface area contributed by atoms with Crippen LogP contribution in [0.25, 0.3) is 0 Å². The molecule has 0 fully saturated rings. The van der Waals surface area contributed by atoms with Gasteiger partial charge in [0.1, 0.15) is 39.6 Å². The van der Waals surface area contributed by atoms with Crippen LogP contribution in [0, 0.1) is 32.6 Å². The van der Waals surface area contributed by atoms with E-state index in [1.54, 1.807) is 0 Å². The van der Waals surface area contributed by atoms with Crippen LogP contribution in [0.3, 0.4) is 0 Å². The van der Waals surface area contributed by atoms with E-state index in [2.05, 4.69) is 141 Å². The maximum atomic E-state index is 5.88. The SMILES string of the molecule is CC(C)C1COC(Cc2ccc(CC3=NC(C(C)C)CO3)cc2)=N1.CCCC1COC(Cc2c(C)cc(C)c(CC3=NC(CCC)CO3)c2C)=N1.CCCC1COC(Cc2ccccc2CC2=NC(CCC)CO2)=N1. The minimum Gasteiger partial charge on any atom is -0.478 e. The maximum absolute atomic E-state index is 5.88. The van der Waals surface area contributed by atoms with Crippen molar-refractivity contribution in [2.45, 2.75) is 202 Å². The van der Waals surface area contributed by atoms with Gasteiger partial charge in [-0.05, 0) is 108 Å². The molecule has 0 aromatic heterocycles. The Morgan fingerprint density at radius 1 is 0.400 bits per heavy atom. The lowest BCUT2D eigenvalue weighted by atomic mass is 9.90. The van der Waals surface area contributed by atoms with Gasteiger partial charge in [0.25, 0.3) is 0 Å². The molecule has 6 heterocycles. The minimum absolute atomic E-state index is 0.311. The number of benzene rings is 3. The van der Waals surface area contributed by atoms with Crippen molar-refractivity contribution in [2.24, 2.45) is 41.8 Å². The minimum atomic E-state index is 0.311. The predicted molar refractivity (Wildman–Crippen MR) is 308 cm³/mol. The van der Waals surface area contributed by atoms with Crippen LogP contribution in [-0.2, 0) is 66.9 Å². The fourth-order valence-electron chi connectivity index (χ4n) is 10.4. The van der Waals surface area contributed by atoms with Crippen LogP contribution in [0.4, 0.5) is 0 Å². The van der Waals surface area contributed by atoms with Gasteiger partial charge in [-0.1, -0.05) is 136 Å². The first-order valence-electron chi connectivity index (χ1n) is 28.7. The fourth-order valence-corrected chi connectivity index (χ4v) is 10.4. The van der Waals surface area contributed by atoms with Gasteiger partial charge in [-0.25, -0.2) is 30.0 Å². The molecule has 0 bridgehead atoms. The highest BCUT2D eigenvalue weighted by Crippen LogP contribution is 2.28. The van der Waals surface area contributed by atoms with E-state index < -0.39 is 0 Å². The van der Waals surface area contributed by atoms with Crippen molar-refractivity contribution in [2.75, 3.05) is 39.6 Å². The van der Waals surface area contributed by atoms with Crippen molar-refractivity contribution in [3.8, 4) is 0 Å². The van der Waals surface area contributed by atoms with Crippen LogP contribution in [-0.4, -0.2) is 111 Å². The van der Waals surface area contributed by atoms with Crippen molar-refractivity contribution in [1.82, 2.24) is 0 Å². The summed E-state index contributed by atoms with van der Waals surface area (Å²) >= 11 is 0. The van der Waals surface area contributed by atoms with Crippen molar-refractivity contribution < 1.29 is 28.4 Å². The average Bonchev–Trinajstić information content (AvgIpc) is 4.27. The van der Waals surface area contributed by atoms with Crippen LogP contribution < -0.4 is 0 Å². The summed E-state index contributed by atoms with van der Waals surface area (Å²) in [5.41, 5.74) is 11.6. The number of aliphatic imine (C=N–C) groups is 6. The first-order valence-corrected chi connectivity index (χ1v) is 28.7. The monoisotopic (exact) mass is 1030 g/mol. The quantitative estimate of drug-likeness (QED) is 0.0985. The summed E-state index contributed by atoms with van der Waals surface area (Å²) in [7, 11) is 0. The van der Waals surface area contributed by atoms with Crippen molar-refractivity contribution in [1.29, 1.82) is 0 Å². The van der Waals surface area contributed by atoms with Gasteiger partial charge in [-0.2, -0.15) is 0 Å². The molecule has 6 aliphatic rings. The Morgan fingerprint density at radius 3 is 1.01 bits per heavy atom. The van der Waals surface area contributed by atoms with E-state index in [0.29, 0.717) is 48.1 Å². The third kappa shape index (κ3) is 17.0. The third-order valence-electron chi connectivity index (χ3n) is 15.0. The summed E-state index contributed by atoms with van der Waals surface area (Å²) < 4.78 is 34.8. The Morgan fingerprint density at radius 2 is 0.707 bits per heavy atom. The zero-order valence-corrected chi connectivity index (χ0v) is 47.6. The normalized spacial score (nSPS) is 22.5. The highest BCUT2D eigenvalue weighted by atomic mass is 16.5. The molecule has 0 saturated carbocycles. The van der Waals surface area contributed by atoms with E-state index in [1.165, 1.54) is 50.1 Å². The van der Waals surface area contributed by atoms with Gasteiger partial charge in [-0.3, -0.25) is 0 Å². The smallest absolute Gasteiger partial charge is 0.188 e. The van der Waals surface area contributed by atoms with Crippen LogP contribution in [0.2, 0.25) is 0 Å². The van der Waals surface area contributed by atoms with Gasteiger partial charge >= 0.3 is 0 Å². The molecule has 3 aromatic rings. The summed E-state index contributed by atoms with van der Waals surface area (Å²) in [5.74, 6) is 6.34. The molecule has 9 rings (SSSR count). The molecule has 3 aromatic carbocycles. The van der Waals surface area contributed by atoms with E-state index in [4.69, 9.17) is 48.4 Å². The Hall–Kier alpha value is -5.52. The fraction of sp³-hybridized carbons (Fsp3) is 0.619. The number of hydrogen-bond acceptors (Lipinski definition) is 12. The lowest BCUT2D eigenvalue weighted by Gasteiger charge is -2.17. The molecule has 12 heteroatoms. The van der Waals surface area contributed by atoms with E-state index in [-0.39, 0.29) is 0 Å². The molecule has 0 N–H and O–H groups in total. The highest BCUT2D eigenvalue weighted by molar-refractivity contribution is 5.85. The predicted octanol–water partition coefficient (Wildman–Crippen LogP) is 12.5. The molecule has 6 unspecified atom stereocenters. The highest BCUT2D eigenvalue weighted by Gasteiger charge is 2.27. The lowest BCUT2D eigenvalue weighted by molar-refractivity contribution is 0.287. The molecule has 0 radical (unpaired) electrons. The number of aryl methyl sites for hydroxylation is 2. The van der Waals surface area contributed by atoms with Gasteiger partial charge in [0, 0.05) is 38.5 Å². The molecule has 0 amide bonds. The topological polar surface area (TPSA) is 130 Å². The molecule has 408 valence electrons.